The second kappa shape index (κ2) is 7.63. The highest BCUT2D eigenvalue weighted by molar-refractivity contribution is 5.96. The molecule has 2 rings (SSSR count). The molecular formula is C19H23NO. The van der Waals surface area contributed by atoms with Crippen molar-refractivity contribution in [2.45, 2.75) is 33.2 Å². The molecule has 0 aromatic heterocycles. The van der Waals surface area contributed by atoms with Crippen LogP contribution in [0.5, 0.6) is 0 Å². The average molecular weight is 281 g/mol. The van der Waals surface area contributed by atoms with Crippen LogP contribution in [0.3, 0.4) is 0 Å². The Hall–Kier alpha value is -2.09. The first-order valence-electron chi connectivity index (χ1n) is 7.66. The van der Waals surface area contributed by atoms with Gasteiger partial charge >= 0.3 is 0 Å². The maximum Gasteiger partial charge on any atom is 0.162 e. The highest BCUT2D eigenvalue weighted by Gasteiger charge is 2.08. The zero-order valence-corrected chi connectivity index (χ0v) is 12.9. The molecule has 0 amide bonds. The Labute approximate surface area is 127 Å². The number of Topliss-reactive ketones (excluding diaryl/α,β-unsaturated/α-hetero) is 1. The molecule has 0 radical (unpaired) electrons. The fraction of sp³-hybridized carbons (Fsp3) is 0.316. The summed E-state index contributed by atoms with van der Waals surface area (Å²) in [6.07, 6.45) is 1.52. The van der Waals surface area contributed by atoms with Crippen LogP contribution >= 0.6 is 0 Å². The van der Waals surface area contributed by atoms with Gasteiger partial charge in [0, 0.05) is 30.8 Å². The summed E-state index contributed by atoms with van der Waals surface area (Å²) in [4.78, 5) is 14.2. The van der Waals surface area contributed by atoms with Crippen LogP contribution in [-0.2, 0) is 6.54 Å². The van der Waals surface area contributed by atoms with Gasteiger partial charge in [0.1, 0.15) is 0 Å². The van der Waals surface area contributed by atoms with Gasteiger partial charge in [-0.15, -0.1) is 0 Å². The van der Waals surface area contributed by atoms with Crippen LogP contribution in [0, 0.1) is 0 Å². The van der Waals surface area contributed by atoms with Gasteiger partial charge in [0.2, 0.25) is 0 Å². The van der Waals surface area contributed by atoms with E-state index in [1.54, 1.807) is 0 Å². The average Bonchev–Trinajstić information content (AvgIpc) is 2.54. The van der Waals surface area contributed by atoms with Crippen LogP contribution in [0.15, 0.2) is 54.6 Å². The van der Waals surface area contributed by atoms with E-state index in [0.29, 0.717) is 6.42 Å². The van der Waals surface area contributed by atoms with Gasteiger partial charge in [-0.1, -0.05) is 37.3 Å². The smallest absolute Gasteiger partial charge is 0.162 e. The summed E-state index contributed by atoms with van der Waals surface area (Å²) in [6, 6.07) is 18.4. The molecule has 2 aromatic rings. The third kappa shape index (κ3) is 4.19. The lowest BCUT2D eigenvalue weighted by atomic mass is 10.1. The van der Waals surface area contributed by atoms with E-state index in [0.717, 1.165) is 30.8 Å². The Morgan fingerprint density at radius 3 is 2.19 bits per heavy atom. The molecule has 0 spiro atoms. The minimum absolute atomic E-state index is 0.232. The van der Waals surface area contributed by atoms with Gasteiger partial charge in [0.05, 0.1) is 0 Å². The van der Waals surface area contributed by atoms with E-state index in [1.807, 2.05) is 25.1 Å². The number of ketones is 1. The second-order valence-corrected chi connectivity index (χ2v) is 5.22. The number of carbonyl (C=O) groups excluding carboxylic acids is 1. The molecule has 21 heavy (non-hydrogen) atoms. The predicted molar refractivity (Wildman–Crippen MR) is 88.8 cm³/mol. The van der Waals surface area contributed by atoms with E-state index in [1.165, 1.54) is 5.56 Å². The fourth-order valence-corrected chi connectivity index (χ4v) is 2.42. The first kappa shape index (κ1) is 15.3. The summed E-state index contributed by atoms with van der Waals surface area (Å²) in [5.74, 6) is 0.232. The number of hydrogen-bond acceptors (Lipinski definition) is 2. The van der Waals surface area contributed by atoms with Crippen molar-refractivity contribution in [3.63, 3.8) is 0 Å². The molecule has 0 unspecified atom stereocenters. The molecule has 0 N–H and O–H groups in total. The SMILES string of the molecule is CCCC(=O)c1ccc(N(CC)Cc2ccccc2)cc1. The van der Waals surface area contributed by atoms with Crippen LogP contribution in [0.2, 0.25) is 0 Å². The summed E-state index contributed by atoms with van der Waals surface area (Å²) < 4.78 is 0. The van der Waals surface area contributed by atoms with E-state index in [4.69, 9.17) is 0 Å². The van der Waals surface area contributed by atoms with Gasteiger partial charge in [-0.25, -0.2) is 0 Å². The maximum atomic E-state index is 11.9. The van der Waals surface area contributed by atoms with E-state index < -0.39 is 0 Å². The summed E-state index contributed by atoms with van der Waals surface area (Å²) in [5.41, 5.74) is 3.27. The summed E-state index contributed by atoms with van der Waals surface area (Å²) in [6.45, 7) is 6.01. The Kier molecular flexibility index (Phi) is 5.56. The molecule has 0 saturated heterocycles. The molecule has 0 aliphatic heterocycles. The number of nitrogens with zero attached hydrogens (tertiary/aromatic N) is 1. The van der Waals surface area contributed by atoms with Gasteiger partial charge in [-0.05, 0) is 43.2 Å². The summed E-state index contributed by atoms with van der Waals surface area (Å²) in [5, 5.41) is 0. The first-order chi connectivity index (χ1) is 10.2. The van der Waals surface area contributed by atoms with Gasteiger partial charge < -0.3 is 4.90 Å². The normalized spacial score (nSPS) is 10.4. The van der Waals surface area contributed by atoms with Crippen LogP contribution in [-0.4, -0.2) is 12.3 Å². The second-order valence-electron chi connectivity index (χ2n) is 5.22. The molecule has 0 atom stereocenters. The highest BCUT2D eigenvalue weighted by atomic mass is 16.1. The Balaban J connectivity index is 2.10. The van der Waals surface area contributed by atoms with Crippen molar-refractivity contribution < 1.29 is 4.79 Å². The van der Waals surface area contributed by atoms with Gasteiger partial charge in [0.25, 0.3) is 0 Å². The monoisotopic (exact) mass is 281 g/mol. The largest absolute Gasteiger partial charge is 0.367 e. The van der Waals surface area contributed by atoms with Crippen molar-refractivity contribution in [3.8, 4) is 0 Å². The van der Waals surface area contributed by atoms with Gasteiger partial charge in [0.15, 0.2) is 5.78 Å². The van der Waals surface area contributed by atoms with Crippen molar-refractivity contribution >= 4 is 11.5 Å². The van der Waals surface area contributed by atoms with Crippen LogP contribution in [0.4, 0.5) is 5.69 Å². The molecule has 0 aliphatic rings. The molecule has 0 bridgehead atoms. The molecule has 2 heteroatoms. The molecule has 0 aliphatic carbocycles. The number of benzene rings is 2. The lowest BCUT2D eigenvalue weighted by Gasteiger charge is -2.23. The van der Waals surface area contributed by atoms with E-state index in [2.05, 4.69) is 48.2 Å². The minimum atomic E-state index is 0.232. The highest BCUT2D eigenvalue weighted by Crippen LogP contribution is 2.19. The van der Waals surface area contributed by atoms with Crippen LogP contribution in [0.25, 0.3) is 0 Å². The summed E-state index contributed by atoms with van der Waals surface area (Å²) in [7, 11) is 0. The van der Waals surface area contributed by atoms with E-state index in [9.17, 15) is 4.79 Å². The third-order valence-electron chi connectivity index (χ3n) is 3.63. The van der Waals surface area contributed by atoms with Crippen molar-refractivity contribution in [1.29, 1.82) is 0 Å². The lowest BCUT2D eigenvalue weighted by molar-refractivity contribution is 0.0982. The maximum absolute atomic E-state index is 11.9. The number of anilines is 1. The van der Waals surface area contributed by atoms with Crippen molar-refractivity contribution in [3.05, 3.63) is 65.7 Å². The molecular weight excluding hydrogens is 258 g/mol. The topological polar surface area (TPSA) is 20.3 Å². The third-order valence-corrected chi connectivity index (χ3v) is 3.63. The lowest BCUT2D eigenvalue weighted by Crippen LogP contribution is -2.21. The molecule has 2 nitrogen and oxygen atoms in total. The zero-order valence-electron chi connectivity index (χ0n) is 12.9. The van der Waals surface area contributed by atoms with Crippen molar-refractivity contribution in [1.82, 2.24) is 0 Å². The Morgan fingerprint density at radius 2 is 1.62 bits per heavy atom. The molecule has 0 heterocycles. The minimum Gasteiger partial charge on any atom is -0.367 e. The molecule has 0 saturated carbocycles. The van der Waals surface area contributed by atoms with Crippen molar-refractivity contribution in [2.24, 2.45) is 0 Å². The first-order valence-corrected chi connectivity index (χ1v) is 7.66. The van der Waals surface area contributed by atoms with Crippen LogP contribution in [0.1, 0.15) is 42.6 Å². The zero-order chi connectivity index (χ0) is 15.1. The number of rotatable bonds is 7. The molecule has 0 fully saturated rings. The van der Waals surface area contributed by atoms with E-state index in [-0.39, 0.29) is 5.78 Å². The fourth-order valence-electron chi connectivity index (χ4n) is 2.42. The quantitative estimate of drug-likeness (QED) is 0.686. The van der Waals surface area contributed by atoms with Gasteiger partial charge in [-0.2, -0.15) is 0 Å². The van der Waals surface area contributed by atoms with Crippen LogP contribution < -0.4 is 4.90 Å². The number of carbonyl (C=O) groups is 1. The molecule has 110 valence electrons. The molecule has 2 aromatic carbocycles. The predicted octanol–water partition coefficient (Wildman–Crippen LogP) is 4.70. The standard InChI is InChI=1S/C19H23NO/c1-3-8-19(21)17-11-13-18(14-12-17)20(4-2)15-16-9-6-5-7-10-16/h5-7,9-14H,3-4,8,15H2,1-2H3. The Morgan fingerprint density at radius 1 is 0.952 bits per heavy atom. The summed E-state index contributed by atoms with van der Waals surface area (Å²) >= 11 is 0. The van der Waals surface area contributed by atoms with E-state index >= 15 is 0 Å². The Bertz CT molecular complexity index is 560. The van der Waals surface area contributed by atoms with Crippen molar-refractivity contribution in [2.75, 3.05) is 11.4 Å². The van der Waals surface area contributed by atoms with Gasteiger partial charge in [-0.3, -0.25) is 4.79 Å². The number of hydrogen-bond donors (Lipinski definition) is 0.